The Morgan fingerprint density at radius 3 is 1.91 bits per heavy atom. The molecule has 5 aromatic rings. The molecule has 0 bridgehead atoms. The molecular weight excluding hydrogens is 844 g/mol. The molecular formula is C51H64N4O9P+. The normalized spacial score (nSPS) is 16.6. The Bertz CT molecular complexity index is 2240. The van der Waals surface area contributed by atoms with Gasteiger partial charge in [0.05, 0.1) is 20.8 Å². The van der Waals surface area contributed by atoms with Crippen LogP contribution in [0.5, 0.6) is 11.5 Å². The predicted octanol–water partition coefficient (Wildman–Crippen LogP) is 10.3. The number of carbonyl (C=O) groups excluding carboxylic acids is 1. The van der Waals surface area contributed by atoms with Gasteiger partial charge in [0.15, 0.2) is 0 Å². The fourth-order valence-electron chi connectivity index (χ4n) is 8.39. The summed E-state index contributed by atoms with van der Waals surface area (Å²) in [5.41, 5.74) is 1.09. The molecule has 14 heteroatoms. The van der Waals surface area contributed by atoms with Crippen LogP contribution < -0.4 is 20.5 Å². The highest BCUT2D eigenvalue weighted by Crippen LogP contribution is 2.44. The van der Waals surface area contributed by atoms with Crippen molar-refractivity contribution in [1.29, 1.82) is 0 Å². The summed E-state index contributed by atoms with van der Waals surface area (Å²) in [6, 6.07) is 36.5. The van der Waals surface area contributed by atoms with E-state index in [-0.39, 0.29) is 25.5 Å². The third kappa shape index (κ3) is 13.2. The van der Waals surface area contributed by atoms with Gasteiger partial charge in [0.2, 0.25) is 0 Å². The average molecular weight is 908 g/mol. The Hall–Kier alpha value is -5.27. The summed E-state index contributed by atoms with van der Waals surface area (Å²) in [6.45, 7) is 10.3. The van der Waals surface area contributed by atoms with Crippen LogP contribution in [0.2, 0.25) is 0 Å². The number of hydrogen-bond donors (Lipinski definition) is 1. The van der Waals surface area contributed by atoms with Crippen molar-refractivity contribution in [3.8, 4) is 11.5 Å². The minimum absolute atomic E-state index is 0.0449. The molecule has 2 heterocycles. The minimum atomic E-state index is -2.55. The third-order valence-corrected chi connectivity index (χ3v) is 12.6. The number of aromatic nitrogens is 2. The molecule has 6 rings (SSSR count). The summed E-state index contributed by atoms with van der Waals surface area (Å²) in [6.07, 6.45) is 5.46. The third-order valence-electron chi connectivity index (χ3n) is 11.8. The lowest BCUT2D eigenvalue weighted by molar-refractivity contribution is -0.0919. The molecule has 1 aromatic heterocycles. The average Bonchev–Trinajstić information content (AvgIpc) is 3.71. The van der Waals surface area contributed by atoms with Gasteiger partial charge in [-0.25, -0.2) is 4.79 Å². The topological polar surface area (TPSA) is 140 Å². The van der Waals surface area contributed by atoms with Crippen LogP contribution in [-0.2, 0) is 28.7 Å². The smallest absolute Gasteiger partial charge is 0.497 e. The first-order valence-corrected chi connectivity index (χ1v) is 23.7. The number of rotatable bonds is 25. The van der Waals surface area contributed by atoms with Gasteiger partial charge >= 0.3 is 13.9 Å². The summed E-state index contributed by atoms with van der Waals surface area (Å²) < 4.78 is 51.6. The van der Waals surface area contributed by atoms with E-state index in [1.165, 1.54) is 29.7 Å². The summed E-state index contributed by atoms with van der Waals surface area (Å²) in [4.78, 5) is 33.1. The number of carbonyl (C=O) groups is 1. The predicted molar refractivity (Wildman–Crippen MR) is 253 cm³/mol. The number of benzene rings is 4. The number of hydrogen-bond acceptors (Lipinski definition) is 11. The van der Waals surface area contributed by atoms with Gasteiger partial charge in [-0.05, 0) is 106 Å². The summed E-state index contributed by atoms with van der Waals surface area (Å²) >= 11 is 0. The van der Waals surface area contributed by atoms with Gasteiger partial charge < -0.3 is 24.3 Å². The van der Waals surface area contributed by atoms with Crippen molar-refractivity contribution in [3.05, 3.63) is 154 Å². The monoisotopic (exact) mass is 907 g/mol. The SMILES string of the molecule is COc1ccc(C(OC[C@H]2O[C@@H](n3ccc(NC(=O)c4ccccc4)nc3=O)C[C@@H]2O[P+](=O)OCCCCCCCCN(C(C)C)C(C)C)(c2ccccc2)c2ccc(OC)cc2)cc1. The van der Waals surface area contributed by atoms with Gasteiger partial charge in [0.1, 0.15) is 48.0 Å². The molecule has 0 radical (unpaired) electrons. The maximum absolute atomic E-state index is 13.6. The number of nitrogens with one attached hydrogen (secondary N) is 1. The van der Waals surface area contributed by atoms with E-state index in [4.69, 9.17) is 28.0 Å². The van der Waals surface area contributed by atoms with E-state index in [0.29, 0.717) is 29.1 Å². The summed E-state index contributed by atoms with van der Waals surface area (Å²) in [7, 11) is 0.686. The molecule has 1 unspecified atom stereocenters. The molecule has 1 N–H and O–H groups in total. The van der Waals surface area contributed by atoms with Crippen molar-refractivity contribution >= 4 is 20.0 Å². The first-order valence-electron chi connectivity index (χ1n) is 22.6. The van der Waals surface area contributed by atoms with Crippen LogP contribution in [0.1, 0.15) is 106 Å². The van der Waals surface area contributed by atoms with E-state index in [1.54, 1.807) is 38.5 Å². The van der Waals surface area contributed by atoms with Gasteiger partial charge in [-0.3, -0.25) is 14.3 Å². The Morgan fingerprint density at radius 2 is 1.34 bits per heavy atom. The van der Waals surface area contributed by atoms with E-state index in [0.717, 1.165) is 48.9 Å². The molecule has 1 aliphatic rings. The fraction of sp³-hybridized carbons (Fsp3) is 0.431. The minimum Gasteiger partial charge on any atom is -0.497 e. The van der Waals surface area contributed by atoms with E-state index < -0.39 is 43.9 Å². The van der Waals surface area contributed by atoms with Crippen LogP contribution in [0.25, 0.3) is 0 Å². The zero-order valence-corrected chi connectivity index (χ0v) is 39.4. The lowest BCUT2D eigenvalue weighted by atomic mass is 9.80. The van der Waals surface area contributed by atoms with Gasteiger partial charge in [-0.15, -0.1) is 9.05 Å². The lowest BCUT2D eigenvalue weighted by Gasteiger charge is -2.37. The highest BCUT2D eigenvalue weighted by atomic mass is 31.1. The molecule has 1 amide bonds. The molecule has 4 atom stereocenters. The molecule has 346 valence electrons. The van der Waals surface area contributed by atoms with Crippen molar-refractivity contribution in [1.82, 2.24) is 14.5 Å². The van der Waals surface area contributed by atoms with E-state index in [9.17, 15) is 14.2 Å². The quantitative estimate of drug-likeness (QED) is 0.0340. The largest absolute Gasteiger partial charge is 0.697 e. The maximum atomic E-state index is 13.6. The van der Waals surface area contributed by atoms with Crippen molar-refractivity contribution in [2.24, 2.45) is 0 Å². The number of anilines is 1. The van der Waals surface area contributed by atoms with Crippen molar-refractivity contribution in [3.63, 3.8) is 0 Å². The van der Waals surface area contributed by atoms with Crippen LogP contribution in [0.15, 0.2) is 126 Å². The molecule has 1 aliphatic heterocycles. The van der Waals surface area contributed by atoms with Crippen LogP contribution in [-0.4, -0.2) is 78.6 Å². The number of methoxy groups -OCH3 is 2. The molecule has 1 saturated heterocycles. The van der Waals surface area contributed by atoms with Gasteiger partial charge in [0, 0.05) is 34.8 Å². The Labute approximate surface area is 384 Å². The van der Waals surface area contributed by atoms with E-state index >= 15 is 0 Å². The molecule has 65 heavy (non-hydrogen) atoms. The second-order valence-electron chi connectivity index (χ2n) is 16.8. The highest BCUT2D eigenvalue weighted by Gasteiger charge is 2.46. The molecule has 4 aromatic carbocycles. The van der Waals surface area contributed by atoms with Crippen LogP contribution >= 0.6 is 8.25 Å². The van der Waals surface area contributed by atoms with E-state index in [1.807, 2.05) is 84.9 Å². The Balaban J connectivity index is 1.19. The zero-order valence-electron chi connectivity index (χ0n) is 38.5. The van der Waals surface area contributed by atoms with Crippen molar-refractivity contribution < 1.29 is 37.4 Å². The maximum Gasteiger partial charge on any atom is 0.697 e. The second kappa shape index (κ2) is 24.3. The molecule has 0 spiro atoms. The fourth-order valence-corrected chi connectivity index (χ4v) is 9.17. The van der Waals surface area contributed by atoms with Crippen LogP contribution in [0, 0.1) is 0 Å². The summed E-state index contributed by atoms with van der Waals surface area (Å²) in [5, 5.41) is 2.69. The van der Waals surface area contributed by atoms with Gasteiger partial charge in [-0.1, -0.05) is 98.5 Å². The number of amides is 1. The second-order valence-corrected chi connectivity index (χ2v) is 17.7. The first-order chi connectivity index (χ1) is 31.5. The molecule has 0 saturated carbocycles. The zero-order chi connectivity index (χ0) is 46.2. The molecule has 13 nitrogen and oxygen atoms in total. The lowest BCUT2D eigenvalue weighted by Crippen LogP contribution is -2.38. The van der Waals surface area contributed by atoms with Crippen molar-refractivity contribution in [2.75, 3.05) is 39.3 Å². The van der Waals surface area contributed by atoms with E-state index in [2.05, 4.69) is 42.9 Å². The Morgan fingerprint density at radius 1 is 0.785 bits per heavy atom. The van der Waals surface area contributed by atoms with Gasteiger partial charge in [-0.2, -0.15) is 4.98 Å². The first kappa shape index (κ1) is 49.2. The van der Waals surface area contributed by atoms with Crippen molar-refractivity contribution in [2.45, 2.75) is 109 Å². The number of unbranched alkanes of at least 4 members (excludes halogenated alkanes) is 5. The molecule has 1 fully saturated rings. The standard InChI is InChI=1S/C51H63N4O9P/c1-37(2)54(38(3)4)32-17-9-7-8-10-18-34-62-65(58)64-45-35-48(55-33-31-47(53-50(55)57)52-49(56)39-19-13-11-14-20-39)63-46(45)36-61-51(40-21-15-12-16-22-40,41-23-27-43(59-5)28-24-41)42-25-29-44(60-6)30-26-42/h11-16,19-31,33,37-38,45-46,48H,7-10,17-18,32,34-36H2,1-6H3/p+1/t45-,46+,48+/m0/s1. The van der Waals surface area contributed by atoms with Gasteiger partial charge in [0.25, 0.3) is 5.91 Å². The molecule has 0 aliphatic carbocycles. The number of nitrogens with zero attached hydrogens (tertiary/aromatic N) is 3. The summed E-state index contributed by atoms with van der Waals surface area (Å²) in [5.74, 6) is 1.07. The number of ether oxygens (including phenoxy) is 4. The van der Waals surface area contributed by atoms with Crippen LogP contribution in [0.4, 0.5) is 5.82 Å². The Kier molecular flexibility index (Phi) is 18.4. The van der Waals surface area contributed by atoms with Crippen LogP contribution in [0.3, 0.4) is 0 Å². The highest BCUT2D eigenvalue weighted by molar-refractivity contribution is 7.33.